The number of nitrogens with one attached hydrogen (secondary N) is 1. The molecule has 0 spiro atoms. The third kappa shape index (κ3) is 5.78. The van der Waals surface area contributed by atoms with E-state index in [4.69, 9.17) is 4.74 Å². The van der Waals surface area contributed by atoms with Crippen LogP contribution in [-0.4, -0.2) is 60.6 Å². The van der Waals surface area contributed by atoms with E-state index in [0.29, 0.717) is 16.4 Å². The average Bonchev–Trinajstić information content (AvgIpc) is 3.24. The van der Waals surface area contributed by atoms with Crippen LogP contribution in [0, 0.1) is 0 Å². The van der Waals surface area contributed by atoms with Crippen LogP contribution in [0.25, 0.3) is 10.3 Å². The molecule has 0 radical (unpaired) electrons. The number of anilines is 2. The molecule has 1 aliphatic rings. The van der Waals surface area contributed by atoms with Crippen molar-refractivity contribution in [1.29, 1.82) is 0 Å². The van der Waals surface area contributed by atoms with Gasteiger partial charge >= 0.3 is 18.6 Å². The number of aromatic nitrogens is 2. The van der Waals surface area contributed by atoms with Gasteiger partial charge in [-0.15, -0.1) is 24.5 Å². The lowest BCUT2D eigenvalue weighted by Gasteiger charge is -2.36. The molecule has 1 N–H and O–H groups in total. The van der Waals surface area contributed by atoms with Gasteiger partial charge in [0, 0.05) is 37.9 Å². The van der Waals surface area contributed by atoms with Gasteiger partial charge in [0.15, 0.2) is 5.82 Å². The number of hydrogen-bond acceptors (Lipinski definition) is 7. The summed E-state index contributed by atoms with van der Waals surface area (Å²) in [5, 5.41) is 4.40. The van der Waals surface area contributed by atoms with Crippen LogP contribution in [0.15, 0.2) is 29.6 Å². The summed E-state index contributed by atoms with van der Waals surface area (Å²) in [5.41, 5.74) is -0.771. The Bertz CT molecular complexity index is 1220. The molecule has 1 fully saturated rings. The molecule has 0 atom stereocenters. The fraction of sp³-hybridized carbons (Fsp3) is 0.350. The molecule has 8 nitrogen and oxygen atoms in total. The van der Waals surface area contributed by atoms with Gasteiger partial charge in [-0.3, -0.25) is 5.32 Å². The number of nitrogens with zero attached hydrogens (tertiary/aromatic N) is 4. The van der Waals surface area contributed by atoms with Crippen molar-refractivity contribution < 1.29 is 40.6 Å². The van der Waals surface area contributed by atoms with Crippen molar-refractivity contribution in [2.75, 3.05) is 43.5 Å². The first-order valence-electron chi connectivity index (χ1n) is 10.0. The predicted molar refractivity (Wildman–Crippen MR) is 115 cm³/mol. The minimum atomic E-state index is -5.14. The second kappa shape index (κ2) is 9.28. The third-order valence-electron chi connectivity index (χ3n) is 5.07. The molecule has 1 saturated heterocycles. The number of fused-ring (bicyclic) bond motifs is 1. The molecule has 0 bridgehead atoms. The zero-order chi connectivity index (χ0) is 25.4. The van der Waals surface area contributed by atoms with Gasteiger partial charge in [-0.05, 0) is 23.6 Å². The van der Waals surface area contributed by atoms with Gasteiger partial charge < -0.3 is 19.3 Å². The molecular formula is C20H17F6N5O3S. The predicted octanol–water partition coefficient (Wildman–Crippen LogP) is 4.97. The van der Waals surface area contributed by atoms with Crippen molar-refractivity contribution in [3.05, 3.63) is 35.2 Å². The molecule has 188 valence electrons. The van der Waals surface area contributed by atoms with E-state index in [2.05, 4.69) is 20.0 Å². The number of benzene rings is 1. The highest BCUT2D eigenvalue weighted by Gasteiger charge is 2.36. The summed E-state index contributed by atoms with van der Waals surface area (Å²) >= 11 is 1.33. The summed E-state index contributed by atoms with van der Waals surface area (Å²) < 4.78 is 86.4. The van der Waals surface area contributed by atoms with Crippen LogP contribution in [0.1, 0.15) is 5.56 Å². The first-order chi connectivity index (χ1) is 16.4. The number of methoxy groups -OCH3 is 1. The van der Waals surface area contributed by atoms with Crippen LogP contribution >= 0.6 is 11.3 Å². The van der Waals surface area contributed by atoms with Crippen molar-refractivity contribution in [2.24, 2.45) is 0 Å². The SMILES string of the molecule is COc1nc2ccsc2nc1NC(=O)N1CCN(c2cc(OC(F)(F)F)cc(C(F)(F)F)c2)CC1. The van der Waals surface area contributed by atoms with Gasteiger partial charge in [0.05, 0.1) is 12.7 Å². The van der Waals surface area contributed by atoms with E-state index in [1.807, 2.05) is 0 Å². The summed E-state index contributed by atoms with van der Waals surface area (Å²) in [6.45, 7) is 0.336. The van der Waals surface area contributed by atoms with Crippen molar-refractivity contribution >= 4 is 39.2 Å². The lowest BCUT2D eigenvalue weighted by Crippen LogP contribution is -2.50. The van der Waals surface area contributed by atoms with Crippen LogP contribution < -0.4 is 19.7 Å². The molecular weight excluding hydrogens is 504 g/mol. The topological polar surface area (TPSA) is 79.8 Å². The molecule has 2 aromatic heterocycles. The number of amides is 2. The van der Waals surface area contributed by atoms with Crippen LogP contribution in [0.5, 0.6) is 11.6 Å². The highest BCUT2D eigenvalue weighted by Crippen LogP contribution is 2.37. The van der Waals surface area contributed by atoms with Crippen LogP contribution in [-0.2, 0) is 6.18 Å². The summed E-state index contributed by atoms with van der Waals surface area (Å²) in [6, 6.07) is 3.14. The van der Waals surface area contributed by atoms with Gasteiger partial charge in [0.1, 0.15) is 16.1 Å². The van der Waals surface area contributed by atoms with Crippen molar-refractivity contribution in [1.82, 2.24) is 14.9 Å². The van der Waals surface area contributed by atoms with E-state index < -0.39 is 29.9 Å². The fourth-order valence-corrected chi connectivity index (χ4v) is 4.17. The van der Waals surface area contributed by atoms with Gasteiger partial charge in [-0.2, -0.15) is 13.2 Å². The number of piperazine rings is 1. The Balaban J connectivity index is 1.46. The fourth-order valence-electron chi connectivity index (χ4n) is 3.47. The van der Waals surface area contributed by atoms with Gasteiger partial charge in [-0.25, -0.2) is 14.8 Å². The lowest BCUT2D eigenvalue weighted by molar-refractivity contribution is -0.274. The number of alkyl halides is 6. The number of ether oxygens (including phenoxy) is 2. The molecule has 1 aromatic carbocycles. The van der Waals surface area contributed by atoms with Crippen molar-refractivity contribution in [3.63, 3.8) is 0 Å². The Hall–Kier alpha value is -3.49. The van der Waals surface area contributed by atoms with Crippen LogP contribution in [0.3, 0.4) is 0 Å². The molecule has 1 aliphatic heterocycles. The van der Waals surface area contributed by atoms with E-state index in [1.165, 1.54) is 28.2 Å². The minimum Gasteiger partial charge on any atom is -0.478 e. The number of carbonyl (C=O) groups is 1. The number of thiophene rings is 1. The number of hydrogen-bond donors (Lipinski definition) is 1. The first kappa shape index (κ1) is 24.6. The molecule has 0 saturated carbocycles. The minimum absolute atomic E-state index is 0.0764. The van der Waals surface area contributed by atoms with E-state index in [-0.39, 0.29) is 43.6 Å². The number of halogens is 6. The van der Waals surface area contributed by atoms with E-state index in [0.717, 1.165) is 12.1 Å². The molecule has 3 heterocycles. The van der Waals surface area contributed by atoms with E-state index in [1.54, 1.807) is 11.4 Å². The highest BCUT2D eigenvalue weighted by atomic mass is 32.1. The highest BCUT2D eigenvalue weighted by molar-refractivity contribution is 7.16. The van der Waals surface area contributed by atoms with Gasteiger partial charge in [-0.1, -0.05) is 0 Å². The molecule has 0 aliphatic carbocycles. The quantitative estimate of drug-likeness (QED) is 0.489. The third-order valence-corrected chi connectivity index (χ3v) is 5.86. The lowest BCUT2D eigenvalue weighted by atomic mass is 10.1. The Morgan fingerprint density at radius 2 is 1.77 bits per heavy atom. The van der Waals surface area contributed by atoms with Gasteiger partial charge in [0.25, 0.3) is 5.88 Å². The Morgan fingerprint density at radius 3 is 2.40 bits per heavy atom. The number of rotatable bonds is 4. The van der Waals surface area contributed by atoms with Gasteiger partial charge in [0.2, 0.25) is 0 Å². The Labute approximate surface area is 198 Å². The Kier molecular flexibility index (Phi) is 6.53. The maximum absolute atomic E-state index is 13.2. The normalized spacial score (nSPS) is 14.8. The van der Waals surface area contributed by atoms with Crippen LogP contribution in [0.2, 0.25) is 0 Å². The molecule has 4 rings (SSSR count). The van der Waals surface area contributed by atoms with E-state index >= 15 is 0 Å². The molecule has 35 heavy (non-hydrogen) atoms. The maximum Gasteiger partial charge on any atom is 0.573 e. The summed E-state index contributed by atoms with van der Waals surface area (Å²) in [5.74, 6) is -0.747. The summed E-state index contributed by atoms with van der Waals surface area (Å²) in [7, 11) is 1.38. The summed E-state index contributed by atoms with van der Waals surface area (Å²) in [6.07, 6.45) is -10.0. The first-order valence-corrected chi connectivity index (χ1v) is 10.9. The smallest absolute Gasteiger partial charge is 0.478 e. The molecule has 2 amide bonds. The molecule has 3 aromatic rings. The largest absolute Gasteiger partial charge is 0.573 e. The molecule has 15 heteroatoms. The zero-order valence-electron chi connectivity index (χ0n) is 17.9. The summed E-state index contributed by atoms with van der Waals surface area (Å²) in [4.78, 5) is 24.8. The second-order valence-electron chi connectivity index (χ2n) is 7.36. The van der Waals surface area contributed by atoms with Crippen LogP contribution in [0.4, 0.5) is 42.6 Å². The van der Waals surface area contributed by atoms with E-state index in [9.17, 15) is 31.1 Å². The number of carbonyl (C=O) groups excluding carboxylic acids is 1. The van der Waals surface area contributed by atoms with Crippen molar-refractivity contribution in [2.45, 2.75) is 12.5 Å². The number of urea groups is 1. The zero-order valence-corrected chi connectivity index (χ0v) is 18.7. The average molecular weight is 521 g/mol. The standard InChI is InChI=1S/C20H17F6N5O3S/c1-33-16-15(28-17-14(27-16)2-7-35-17)29-18(32)31-5-3-30(4-6-31)12-8-11(19(21,22)23)9-13(10-12)34-20(24,25)26/h2,7-10H,3-6H2,1H3,(H,28,29,32). The second-order valence-corrected chi connectivity index (χ2v) is 8.25. The Morgan fingerprint density at radius 1 is 1.06 bits per heavy atom. The monoisotopic (exact) mass is 521 g/mol. The van der Waals surface area contributed by atoms with Crippen molar-refractivity contribution in [3.8, 4) is 11.6 Å². The molecule has 0 unspecified atom stereocenters. The maximum atomic E-state index is 13.2.